The van der Waals surface area contributed by atoms with E-state index in [1.54, 1.807) is 13.1 Å². The predicted molar refractivity (Wildman–Crippen MR) is 85.3 cm³/mol. The Kier molecular flexibility index (Phi) is 4.24. The van der Waals surface area contributed by atoms with Crippen LogP contribution in [0.4, 0.5) is 4.39 Å². The second-order valence-corrected chi connectivity index (χ2v) is 5.87. The van der Waals surface area contributed by atoms with E-state index in [1.165, 1.54) is 12.1 Å². The number of nitrogens with one attached hydrogen (secondary N) is 1. The average Bonchev–Trinajstić information content (AvgIpc) is 2.54. The number of aliphatic hydroxyl groups is 1. The van der Waals surface area contributed by atoms with Crippen LogP contribution in [0.3, 0.4) is 0 Å². The van der Waals surface area contributed by atoms with Gasteiger partial charge in [0.05, 0.1) is 0 Å². The molecule has 23 heavy (non-hydrogen) atoms. The van der Waals surface area contributed by atoms with Gasteiger partial charge in [0.25, 0.3) is 0 Å². The molecule has 4 nitrogen and oxygen atoms in total. The van der Waals surface area contributed by atoms with Crippen molar-refractivity contribution in [3.63, 3.8) is 0 Å². The Morgan fingerprint density at radius 1 is 1.35 bits per heavy atom. The molecular weight excluding hydrogens is 297 g/mol. The maximum Gasteiger partial charge on any atom is 0.160 e. The van der Waals surface area contributed by atoms with Crippen molar-refractivity contribution in [1.82, 2.24) is 5.32 Å². The number of fused-ring (bicyclic) bond motifs is 1. The van der Waals surface area contributed by atoms with Gasteiger partial charge in [0.2, 0.25) is 0 Å². The van der Waals surface area contributed by atoms with Gasteiger partial charge in [-0.05, 0) is 31.7 Å². The fourth-order valence-corrected chi connectivity index (χ4v) is 2.85. The van der Waals surface area contributed by atoms with Gasteiger partial charge >= 0.3 is 0 Å². The van der Waals surface area contributed by atoms with Gasteiger partial charge in [0.1, 0.15) is 23.9 Å². The first-order valence-electron chi connectivity index (χ1n) is 7.55. The molecule has 0 aromatic heterocycles. The minimum Gasteiger partial charge on any atom is -0.490 e. The van der Waals surface area contributed by atoms with Crippen molar-refractivity contribution < 1.29 is 19.0 Å². The first-order chi connectivity index (χ1) is 11.0. The van der Waals surface area contributed by atoms with Crippen LogP contribution in [-0.4, -0.2) is 30.9 Å². The van der Waals surface area contributed by atoms with E-state index in [-0.39, 0.29) is 12.4 Å². The number of likely N-dealkylation sites (N-methyl/N-ethyl adjacent to an activating group) is 1. The predicted octanol–water partition coefficient (Wildman–Crippen LogP) is 2.60. The van der Waals surface area contributed by atoms with Crippen LogP contribution in [0, 0.1) is 12.7 Å². The summed E-state index contributed by atoms with van der Waals surface area (Å²) in [5.74, 6) is 0.719. The third kappa shape index (κ3) is 3.02. The summed E-state index contributed by atoms with van der Waals surface area (Å²) in [7, 11) is 1.75. The van der Waals surface area contributed by atoms with E-state index < -0.39 is 11.7 Å². The quantitative estimate of drug-likeness (QED) is 0.910. The molecule has 2 N–H and O–H groups in total. The number of aryl methyl sites for hydroxylation is 1. The molecule has 122 valence electrons. The van der Waals surface area contributed by atoms with Gasteiger partial charge in [-0.25, -0.2) is 4.39 Å². The molecular formula is C18H20FNO3. The average molecular weight is 317 g/mol. The molecule has 2 aromatic rings. The van der Waals surface area contributed by atoms with Crippen LogP contribution in [0.1, 0.15) is 17.2 Å². The van der Waals surface area contributed by atoms with Crippen LogP contribution in [0.15, 0.2) is 42.5 Å². The summed E-state index contributed by atoms with van der Waals surface area (Å²) in [5.41, 5.74) is 0.310. The second kappa shape index (κ2) is 6.18. The molecule has 2 unspecified atom stereocenters. The monoisotopic (exact) mass is 317 g/mol. The molecule has 0 saturated heterocycles. The minimum atomic E-state index is -1.25. The van der Waals surface area contributed by atoms with Crippen LogP contribution < -0.4 is 14.8 Å². The Morgan fingerprint density at radius 2 is 2.13 bits per heavy atom. The third-order valence-corrected chi connectivity index (χ3v) is 4.05. The molecule has 0 saturated carbocycles. The normalized spacial score (nSPS) is 23.0. The van der Waals surface area contributed by atoms with Crippen molar-refractivity contribution in [2.24, 2.45) is 0 Å². The molecule has 3 rings (SSSR count). The van der Waals surface area contributed by atoms with E-state index in [0.717, 1.165) is 11.1 Å². The van der Waals surface area contributed by atoms with Gasteiger partial charge in [0, 0.05) is 18.2 Å². The van der Waals surface area contributed by atoms with E-state index in [9.17, 15) is 9.50 Å². The Hall–Kier alpha value is -2.11. The van der Waals surface area contributed by atoms with Crippen LogP contribution in [-0.2, 0) is 0 Å². The maximum absolute atomic E-state index is 13.6. The Morgan fingerprint density at radius 3 is 2.91 bits per heavy atom. The summed E-state index contributed by atoms with van der Waals surface area (Å²) < 4.78 is 25.3. The number of benzene rings is 2. The Labute approximate surface area is 134 Å². The minimum absolute atomic E-state index is 0.101. The lowest BCUT2D eigenvalue weighted by molar-refractivity contribution is -0.101. The molecule has 0 aliphatic carbocycles. The highest BCUT2D eigenvalue weighted by Gasteiger charge is 2.45. The van der Waals surface area contributed by atoms with Crippen molar-refractivity contribution in [1.29, 1.82) is 0 Å². The number of ether oxygens (including phenoxy) is 2. The summed E-state index contributed by atoms with van der Waals surface area (Å²) >= 11 is 0. The topological polar surface area (TPSA) is 50.7 Å². The summed E-state index contributed by atoms with van der Waals surface area (Å²) in [6.45, 7) is 2.24. The van der Waals surface area contributed by atoms with Gasteiger partial charge < -0.3 is 19.9 Å². The van der Waals surface area contributed by atoms with Gasteiger partial charge in [0.15, 0.2) is 11.7 Å². The Balaban J connectivity index is 2.02. The highest BCUT2D eigenvalue weighted by atomic mass is 19.1. The fraction of sp³-hybridized carbons (Fsp3) is 0.333. The number of halogens is 1. The number of rotatable bonds is 4. The van der Waals surface area contributed by atoms with Crippen LogP contribution in [0.5, 0.6) is 11.5 Å². The first-order valence-corrected chi connectivity index (χ1v) is 7.55. The zero-order chi connectivity index (χ0) is 16.4. The number of para-hydroxylation sites is 1. The van der Waals surface area contributed by atoms with Gasteiger partial charge in [-0.15, -0.1) is 0 Å². The highest BCUT2D eigenvalue weighted by molar-refractivity contribution is 5.41. The molecule has 0 amide bonds. The Bertz CT molecular complexity index is 706. The van der Waals surface area contributed by atoms with Crippen molar-refractivity contribution in [2.45, 2.75) is 18.6 Å². The molecule has 0 spiro atoms. The lowest BCUT2D eigenvalue weighted by Gasteiger charge is -2.40. The van der Waals surface area contributed by atoms with Crippen molar-refractivity contribution >= 4 is 0 Å². The largest absolute Gasteiger partial charge is 0.490 e. The molecule has 0 bridgehead atoms. The van der Waals surface area contributed by atoms with Crippen LogP contribution in [0.25, 0.3) is 0 Å². The van der Waals surface area contributed by atoms with Crippen molar-refractivity contribution in [3.8, 4) is 11.5 Å². The van der Waals surface area contributed by atoms with Crippen molar-refractivity contribution in [3.05, 3.63) is 59.4 Å². The van der Waals surface area contributed by atoms with E-state index in [2.05, 4.69) is 5.32 Å². The van der Waals surface area contributed by atoms with Crippen LogP contribution >= 0.6 is 0 Å². The maximum atomic E-state index is 13.6. The molecule has 1 aliphatic heterocycles. The first kappa shape index (κ1) is 15.8. The van der Waals surface area contributed by atoms with Gasteiger partial charge in [-0.1, -0.05) is 24.3 Å². The molecule has 1 aliphatic rings. The fourth-order valence-electron chi connectivity index (χ4n) is 2.85. The number of hydrogen-bond donors (Lipinski definition) is 2. The van der Waals surface area contributed by atoms with E-state index in [4.69, 9.17) is 9.47 Å². The summed E-state index contributed by atoms with van der Waals surface area (Å²) in [4.78, 5) is 0. The zero-order valence-corrected chi connectivity index (χ0v) is 13.2. The zero-order valence-electron chi connectivity index (χ0n) is 13.2. The van der Waals surface area contributed by atoms with Gasteiger partial charge in [-0.3, -0.25) is 0 Å². The standard InChI is InChI=1S/C18H20FNO3/c1-12-7-8-13(19)9-16(12)23-17-14-5-3-4-6-15(14)22-11-18(17,21)10-20-2/h3-9,17,20-21H,10-11H2,1-2H3. The third-order valence-electron chi connectivity index (χ3n) is 4.05. The molecule has 0 radical (unpaired) electrons. The SMILES string of the molecule is CNCC1(O)COc2ccccc2C1Oc1cc(F)ccc1C. The lowest BCUT2D eigenvalue weighted by Crippen LogP contribution is -2.53. The smallest absolute Gasteiger partial charge is 0.160 e. The molecule has 2 aromatic carbocycles. The number of hydrogen-bond acceptors (Lipinski definition) is 4. The summed E-state index contributed by atoms with van der Waals surface area (Å²) in [6.07, 6.45) is -0.652. The molecule has 2 atom stereocenters. The van der Waals surface area contributed by atoms with Crippen molar-refractivity contribution in [2.75, 3.05) is 20.2 Å². The highest BCUT2D eigenvalue weighted by Crippen LogP contribution is 2.41. The van der Waals surface area contributed by atoms with E-state index >= 15 is 0 Å². The molecule has 5 heteroatoms. The van der Waals surface area contributed by atoms with E-state index in [0.29, 0.717) is 18.0 Å². The van der Waals surface area contributed by atoms with E-state index in [1.807, 2.05) is 31.2 Å². The second-order valence-electron chi connectivity index (χ2n) is 5.87. The molecule has 1 heterocycles. The van der Waals surface area contributed by atoms with Gasteiger partial charge in [-0.2, -0.15) is 0 Å². The molecule has 0 fully saturated rings. The summed E-state index contributed by atoms with van der Waals surface area (Å²) in [6, 6.07) is 11.8. The lowest BCUT2D eigenvalue weighted by atomic mass is 9.88. The summed E-state index contributed by atoms with van der Waals surface area (Å²) in [5, 5.41) is 14.0. The van der Waals surface area contributed by atoms with Crippen LogP contribution in [0.2, 0.25) is 0 Å².